The third-order valence-corrected chi connectivity index (χ3v) is 7.66. The average Bonchev–Trinajstić information content (AvgIpc) is 3.34. The van der Waals surface area contributed by atoms with Crippen molar-refractivity contribution in [2.24, 2.45) is 11.3 Å². The van der Waals surface area contributed by atoms with E-state index >= 15 is 0 Å². The third-order valence-electron chi connectivity index (χ3n) is 7.66. The molecule has 1 aliphatic carbocycles. The summed E-state index contributed by atoms with van der Waals surface area (Å²) in [4.78, 5) is 39.7. The monoisotopic (exact) mass is 478 g/mol. The van der Waals surface area contributed by atoms with Crippen LogP contribution in [0.4, 0.5) is 4.79 Å². The van der Waals surface area contributed by atoms with Crippen LogP contribution in [0.1, 0.15) is 57.6 Å². The fourth-order valence-electron chi connectivity index (χ4n) is 5.43. The highest BCUT2D eigenvalue weighted by atomic mass is 16.5. The first-order valence-corrected chi connectivity index (χ1v) is 12.3. The molecular weight excluding hydrogens is 444 g/mol. The van der Waals surface area contributed by atoms with Crippen molar-refractivity contribution >= 4 is 18.0 Å². The van der Waals surface area contributed by atoms with Gasteiger partial charge >= 0.3 is 12.1 Å². The van der Waals surface area contributed by atoms with Crippen LogP contribution in [0.25, 0.3) is 11.1 Å². The van der Waals surface area contributed by atoms with Crippen LogP contribution in [0.15, 0.2) is 48.5 Å². The molecule has 2 N–H and O–H groups in total. The van der Waals surface area contributed by atoms with Crippen LogP contribution in [0, 0.1) is 11.3 Å². The maximum Gasteiger partial charge on any atom is 0.407 e. The number of ether oxygens (including phenoxy) is 1. The second-order valence-corrected chi connectivity index (χ2v) is 10.3. The van der Waals surface area contributed by atoms with E-state index in [1.165, 1.54) is 4.90 Å². The van der Waals surface area contributed by atoms with Crippen LogP contribution in [0.2, 0.25) is 0 Å². The number of nitrogens with zero attached hydrogens (tertiary/aromatic N) is 1. The van der Waals surface area contributed by atoms with Gasteiger partial charge in [-0.05, 0) is 40.0 Å². The summed E-state index contributed by atoms with van der Waals surface area (Å²) in [5.41, 5.74) is 3.96. The molecule has 7 heteroatoms. The summed E-state index contributed by atoms with van der Waals surface area (Å²) >= 11 is 0. The van der Waals surface area contributed by atoms with Gasteiger partial charge in [0, 0.05) is 12.5 Å². The molecule has 2 aromatic rings. The number of carbonyl (C=O) groups is 3. The van der Waals surface area contributed by atoms with Gasteiger partial charge in [-0.1, -0.05) is 82.6 Å². The number of benzene rings is 2. The van der Waals surface area contributed by atoms with Crippen LogP contribution in [0.3, 0.4) is 0 Å². The lowest BCUT2D eigenvalue weighted by Gasteiger charge is -2.33. The summed E-state index contributed by atoms with van der Waals surface area (Å²) in [5, 5.41) is 12.5. The molecule has 0 saturated carbocycles. The second kappa shape index (κ2) is 9.72. The van der Waals surface area contributed by atoms with Crippen molar-refractivity contribution in [3.8, 4) is 11.1 Å². The Balaban J connectivity index is 1.48. The molecule has 0 spiro atoms. The zero-order chi connectivity index (χ0) is 25.3. The molecule has 1 fully saturated rings. The molecule has 4 rings (SSSR count). The summed E-state index contributed by atoms with van der Waals surface area (Å²) in [7, 11) is 0. The number of rotatable bonds is 7. The largest absolute Gasteiger partial charge is 0.480 e. The molecule has 2 aliphatic rings. The van der Waals surface area contributed by atoms with E-state index in [2.05, 4.69) is 17.4 Å². The SMILES string of the molecule is CCC(C)C(NC(=O)OCC1c2ccccc2-c2ccccc21)C(=O)N1CCC(C)(C)C1C(=O)O. The highest BCUT2D eigenvalue weighted by Gasteiger charge is 2.49. The lowest BCUT2D eigenvalue weighted by atomic mass is 9.84. The first-order chi connectivity index (χ1) is 16.7. The molecule has 0 bridgehead atoms. The summed E-state index contributed by atoms with van der Waals surface area (Å²) in [6, 6.07) is 14.4. The van der Waals surface area contributed by atoms with Gasteiger partial charge in [-0.25, -0.2) is 9.59 Å². The molecule has 1 aliphatic heterocycles. The molecule has 7 nitrogen and oxygen atoms in total. The van der Waals surface area contributed by atoms with Crippen molar-refractivity contribution in [3.05, 3.63) is 59.7 Å². The maximum absolute atomic E-state index is 13.5. The first-order valence-electron chi connectivity index (χ1n) is 12.3. The zero-order valence-corrected chi connectivity index (χ0v) is 20.8. The van der Waals surface area contributed by atoms with Crippen molar-refractivity contribution in [2.75, 3.05) is 13.2 Å². The highest BCUT2D eigenvalue weighted by Crippen LogP contribution is 2.44. The fraction of sp³-hybridized carbons (Fsp3) is 0.464. The molecule has 1 heterocycles. The van der Waals surface area contributed by atoms with Gasteiger partial charge in [-0.15, -0.1) is 0 Å². The standard InChI is InChI=1S/C28H34N2O5/c1-5-17(2)23(25(31)30-15-14-28(3,4)24(30)26(32)33)29-27(34)35-16-22-20-12-8-6-10-18(20)19-11-7-9-13-21(19)22/h6-13,17,22-24H,5,14-16H2,1-4H3,(H,29,34)(H,32,33). The minimum atomic E-state index is -1.02. The van der Waals surface area contributed by atoms with Gasteiger partial charge < -0.3 is 20.1 Å². The van der Waals surface area contributed by atoms with E-state index in [1.807, 2.05) is 64.1 Å². The van der Waals surface area contributed by atoms with Crippen LogP contribution < -0.4 is 5.32 Å². The van der Waals surface area contributed by atoms with Crippen LogP contribution in [0.5, 0.6) is 0 Å². The number of amides is 2. The predicted molar refractivity (Wildman–Crippen MR) is 133 cm³/mol. The van der Waals surface area contributed by atoms with Crippen LogP contribution in [-0.4, -0.2) is 53.2 Å². The minimum Gasteiger partial charge on any atom is -0.480 e. The van der Waals surface area contributed by atoms with Gasteiger partial charge in [-0.3, -0.25) is 4.79 Å². The first kappa shape index (κ1) is 24.8. The molecule has 3 unspecified atom stereocenters. The Morgan fingerprint density at radius 3 is 2.20 bits per heavy atom. The van der Waals surface area contributed by atoms with E-state index in [1.54, 1.807) is 0 Å². The molecule has 1 saturated heterocycles. The molecule has 0 aromatic heterocycles. The number of hydrogen-bond acceptors (Lipinski definition) is 4. The lowest BCUT2D eigenvalue weighted by Crippen LogP contribution is -2.56. The Hall–Kier alpha value is -3.35. The quantitative estimate of drug-likeness (QED) is 0.604. The molecular formula is C28H34N2O5. The molecule has 2 amide bonds. The van der Waals surface area contributed by atoms with Crippen molar-refractivity contribution in [3.63, 3.8) is 0 Å². The Bertz CT molecular complexity index is 1080. The van der Waals surface area contributed by atoms with Crippen molar-refractivity contribution in [2.45, 2.75) is 58.5 Å². The summed E-state index contributed by atoms with van der Waals surface area (Å²) in [6.45, 7) is 8.03. The summed E-state index contributed by atoms with van der Waals surface area (Å²) < 4.78 is 5.66. The fourth-order valence-corrected chi connectivity index (χ4v) is 5.43. The maximum atomic E-state index is 13.5. The molecule has 3 atom stereocenters. The summed E-state index contributed by atoms with van der Waals surface area (Å²) in [6.07, 6.45) is 0.568. The Morgan fingerprint density at radius 1 is 1.09 bits per heavy atom. The average molecular weight is 479 g/mol. The van der Waals surface area contributed by atoms with E-state index in [-0.39, 0.29) is 24.3 Å². The topological polar surface area (TPSA) is 95.9 Å². The third kappa shape index (κ3) is 4.64. The van der Waals surface area contributed by atoms with Gasteiger partial charge in [0.25, 0.3) is 0 Å². The Morgan fingerprint density at radius 2 is 1.66 bits per heavy atom. The van der Waals surface area contributed by atoms with Gasteiger partial charge in [0.2, 0.25) is 5.91 Å². The number of aliphatic carboxylic acids is 1. The number of likely N-dealkylation sites (tertiary alicyclic amines) is 1. The van der Waals surface area contributed by atoms with E-state index in [0.717, 1.165) is 22.3 Å². The molecule has 186 valence electrons. The Kier molecular flexibility index (Phi) is 6.88. The number of carboxylic acid groups (broad SMARTS) is 1. The lowest BCUT2D eigenvalue weighted by molar-refractivity contribution is -0.152. The van der Waals surface area contributed by atoms with Gasteiger partial charge in [0.1, 0.15) is 18.7 Å². The van der Waals surface area contributed by atoms with Crippen molar-refractivity contribution in [1.29, 1.82) is 0 Å². The number of fused-ring (bicyclic) bond motifs is 3. The van der Waals surface area contributed by atoms with Crippen LogP contribution >= 0.6 is 0 Å². The number of alkyl carbamates (subject to hydrolysis) is 1. The highest BCUT2D eigenvalue weighted by molar-refractivity contribution is 5.90. The molecule has 2 aromatic carbocycles. The number of hydrogen-bond donors (Lipinski definition) is 2. The van der Waals surface area contributed by atoms with E-state index in [4.69, 9.17) is 4.74 Å². The van der Waals surface area contributed by atoms with Gasteiger partial charge in [0.05, 0.1) is 0 Å². The second-order valence-electron chi connectivity index (χ2n) is 10.3. The smallest absolute Gasteiger partial charge is 0.407 e. The normalized spacial score (nSPS) is 20.0. The minimum absolute atomic E-state index is 0.0818. The zero-order valence-electron chi connectivity index (χ0n) is 20.8. The van der Waals surface area contributed by atoms with Crippen molar-refractivity contribution in [1.82, 2.24) is 10.2 Å². The predicted octanol–water partition coefficient (Wildman–Crippen LogP) is 4.65. The number of nitrogens with one attached hydrogen (secondary N) is 1. The van der Waals surface area contributed by atoms with E-state index in [9.17, 15) is 19.5 Å². The number of carbonyl (C=O) groups excluding carboxylic acids is 2. The summed E-state index contributed by atoms with van der Waals surface area (Å²) in [5.74, 6) is -1.65. The van der Waals surface area contributed by atoms with Crippen molar-refractivity contribution < 1.29 is 24.2 Å². The molecule has 0 radical (unpaired) electrons. The van der Waals surface area contributed by atoms with E-state index in [0.29, 0.717) is 19.4 Å². The van der Waals surface area contributed by atoms with Gasteiger partial charge in [-0.2, -0.15) is 0 Å². The number of carboxylic acids is 1. The van der Waals surface area contributed by atoms with E-state index < -0.39 is 29.6 Å². The van der Waals surface area contributed by atoms with Gasteiger partial charge in [0.15, 0.2) is 0 Å². The Labute approximate surface area is 206 Å². The van der Waals surface area contributed by atoms with Crippen LogP contribution in [-0.2, 0) is 14.3 Å². The molecule has 35 heavy (non-hydrogen) atoms.